The highest BCUT2D eigenvalue weighted by atomic mass is 32.2. The first kappa shape index (κ1) is 9.91. The summed E-state index contributed by atoms with van der Waals surface area (Å²) in [6.07, 6.45) is 2.81. The molecule has 0 fully saturated rings. The van der Waals surface area contributed by atoms with Gasteiger partial charge in [0.15, 0.2) is 21.3 Å². The quantitative estimate of drug-likeness (QED) is 0.769. The number of fused-ring (bicyclic) bond motifs is 1. The summed E-state index contributed by atoms with van der Waals surface area (Å²) in [5, 5.41) is 4.01. The van der Waals surface area contributed by atoms with E-state index in [0.717, 1.165) is 6.26 Å². The molecular weight excluding hydrogens is 216 g/mol. The van der Waals surface area contributed by atoms with E-state index in [2.05, 4.69) is 10.1 Å². The average molecular weight is 226 g/mol. The van der Waals surface area contributed by atoms with E-state index in [1.54, 1.807) is 18.3 Å². The van der Waals surface area contributed by atoms with Crippen LogP contribution in [0, 0.1) is 0 Å². The van der Waals surface area contributed by atoms with E-state index in [-0.39, 0.29) is 11.6 Å². The van der Waals surface area contributed by atoms with Crippen LogP contribution < -0.4 is 5.73 Å². The number of hydrogen-bond donors (Lipinski definition) is 1. The van der Waals surface area contributed by atoms with Crippen molar-refractivity contribution in [2.75, 3.05) is 12.0 Å². The van der Waals surface area contributed by atoms with Crippen molar-refractivity contribution in [1.29, 1.82) is 0 Å². The third kappa shape index (κ3) is 2.07. The molecule has 0 aliphatic rings. The van der Waals surface area contributed by atoms with Crippen molar-refractivity contribution in [3.8, 4) is 0 Å². The van der Waals surface area contributed by atoms with Crippen molar-refractivity contribution < 1.29 is 8.42 Å². The topological polar surface area (TPSA) is 90.3 Å². The van der Waals surface area contributed by atoms with Crippen LogP contribution in [0.1, 0.15) is 5.82 Å². The molecule has 15 heavy (non-hydrogen) atoms. The fourth-order valence-electron chi connectivity index (χ4n) is 1.27. The number of rotatable bonds is 2. The van der Waals surface area contributed by atoms with Crippen LogP contribution in [0.3, 0.4) is 0 Å². The Kier molecular flexibility index (Phi) is 2.11. The highest BCUT2D eigenvalue weighted by molar-refractivity contribution is 7.89. The maximum atomic E-state index is 11.0. The molecule has 6 nitrogen and oxygen atoms in total. The van der Waals surface area contributed by atoms with Crippen LogP contribution in [-0.2, 0) is 15.6 Å². The van der Waals surface area contributed by atoms with Gasteiger partial charge in [0.1, 0.15) is 5.75 Å². The summed E-state index contributed by atoms with van der Waals surface area (Å²) in [5.41, 5.74) is 6.62. The summed E-state index contributed by atoms with van der Waals surface area (Å²) in [6, 6.07) is 3.41. The Morgan fingerprint density at radius 1 is 1.53 bits per heavy atom. The van der Waals surface area contributed by atoms with Crippen LogP contribution in [0.4, 0.5) is 5.69 Å². The van der Waals surface area contributed by atoms with Crippen molar-refractivity contribution in [1.82, 2.24) is 14.6 Å². The fourth-order valence-corrected chi connectivity index (χ4v) is 1.86. The Labute approximate surface area is 86.7 Å². The Morgan fingerprint density at radius 2 is 2.27 bits per heavy atom. The summed E-state index contributed by atoms with van der Waals surface area (Å²) in [7, 11) is -3.12. The maximum absolute atomic E-state index is 11.0. The molecule has 0 aliphatic heterocycles. The molecule has 0 atom stereocenters. The van der Waals surface area contributed by atoms with E-state index < -0.39 is 9.84 Å². The Balaban J connectivity index is 2.53. The lowest BCUT2D eigenvalue weighted by Crippen LogP contribution is -2.02. The van der Waals surface area contributed by atoms with Gasteiger partial charge in [-0.15, -0.1) is 0 Å². The molecule has 0 saturated heterocycles. The molecule has 0 unspecified atom stereocenters. The largest absolute Gasteiger partial charge is 0.396 e. The molecule has 2 heterocycles. The van der Waals surface area contributed by atoms with Crippen LogP contribution >= 0.6 is 0 Å². The monoisotopic (exact) mass is 226 g/mol. The zero-order valence-electron chi connectivity index (χ0n) is 8.08. The maximum Gasteiger partial charge on any atom is 0.178 e. The molecule has 0 radical (unpaired) electrons. The molecule has 2 aromatic heterocycles. The molecule has 0 bridgehead atoms. The van der Waals surface area contributed by atoms with Gasteiger partial charge in [0.05, 0.1) is 5.69 Å². The van der Waals surface area contributed by atoms with Crippen LogP contribution in [0.25, 0.3) is 5.65 Å². The van der Waals surface area contributed by atoms with Gasteiger partial charge in [0.2, 0.25) is 0 Å². The smallest absolute Gasteiger partial charge is 0.178 e. The van der Waals surface area contributed by atoms with Gasteiger partial charge in [-0.3, -0.25) is 0 Å². The van der Waals surface area contributed by atoms with Crippen LogP contribution in [0.2, 0.25) is 0 Å². The second-order valence-electron chi connectivity index (χ2n) is 3.33. The van der Waals surface area contributed by atoms with Crippen molar-refractivity contribution in [2.45, 2.75) is 5.75 Å². The number of nitrogens with zero attached hydrogens (tertiary/aromatic N) is 3. The molecular formula is C8H10N4O2S. The minimum absolute atomic E-state index is 0.173. The number of hydrogen-bond acceptors (Lipinski definition) is 5. The zero-order valence-corrected chi connectivity index (χ0v) is 8.90. The molecule has 2 N–H and O–H groups in total. The van der Waals surface area contributed by atoms with Crippen molar-refractivity contribution >= 4 is 21.2 Å². The first-order valence-corrected chi connectivity index (χ1v) is 6.29. The summed E-state index contributed by atoms with van der Waals surface area (Å²) >= 11 is 0. The summed E-state index contributed by atoms with van der Waals surface area (Å²) in [6.45, 7) is 0. The van der Waals surface area contributed by atoms with E-state index in [9.17, 15) is 8.42 Å². The van der Waals surface area contributed by atoms with Gasteiger partial charge < -0.3 is 5.73 Å². The third-order valence-electron chi connectivity index (χ3n) is 1.83. The number of nitrogen functional groups attached to an aromatic ring is 1. The van der Waals surface area contributed by atoms with Crippen LogP contribution in [0.5, 0.6) is 0 Å². The van der Waals surface area contributed by atoms with Crippen molar-refractivity contribution in [3.05, 3.63) is 24.2 Å². The van der Waals surface area contributed by atoms with Crippen molar-refractivity contribution in [2.24, 2.45) is 0 Å². The molecule has 0 amide bonds. The van der Waals surface area contributed by atoms with E-state index in [1.165, 1.54) is 4.52 Å². The third-order valence-corrected chi connectivity index (χ3v) is 2.61. The van der Waals surface area contributed by atoms with Gasteiger partial charge in [-0.1, -0.05) is 0 Å². The van der Waals surface area contributed by atoms with Gasteiger partial charge >= 0.3 is 0 Å². The highest BCUT2D eigenvalue weighted by Gasteiger charge is 2.11. The number of anilines is 1. The second kappa shape index (κ2) is 3.20. The first-order chi connectivity index (χ1) is 6.96. The molecule has 80 valence electrons. The lowest BCUT2D eigenvalue weighted by atomic mass is 10.4. The fraction of sp³-hybridized carbons (Fsp3) is 0.250. The number of aromatic nitrogens is 3. The molecule has 0 spiro atoms. The van der Waals surface area contributed by atoms with E-state index >= 15 is 0 Å². The molecule has 0 saturated carbocycles. The second-order valence-corrected chi connectivity index (χ2v) is 5.47. The minimum atomic E-state index is -3.12. The predicted octanol–water partition coefficient (Wildman–Crippen LogP) is -0.144. The van der Waals surface area contributed by atoms with Gasteiger partial charge in [-0.25, -0.2) is 17.9 Å². The van der Waals surface area contributed by atoms with Gasteiger partial charge in [0, 0.05) is 12.5 Å². The summed E-state index contributed by atoms with van der Waals surface area (Å²) in [5.74, 6) is 0.0871. The molecule has 2 rings (SSSR count). The van der Waals surface area contributed by atoms with Crippen LogP contribution in [-0.4, -0.2) is 29.3 Å². The molecule has 0 aromatic carbocycles. The molecule has 7 heteroatoms. The SMILES string of the molecule is CS(=O)(=O)Cc1nc2c(N)cccn2n1. The van der Waals surface area contributed by atoms with Gasteiger partial charge in [0.25, 0.3) is 0 Å². The van der Waals surface area contributed by atoms with Crippen LogP contribution in [0.15, 0.2) is 18.3 Å². The summed E-state index contributed by atoms with van der Waals surface area (Å²) in [4.78, 5) is 4.05. The summed E-state index contributed by atoms with van der Waals surface area (Å²) < 4.78 is 23.6. The Morgan fingerprint density at radius 3 is 2.87 bits per heavy atom. The predicted molar refractivity (Wildman–Crippen MR) is 55.9 cm³/mol. The Bertz CT molecular complexity index is 602. The molecule has 2 aromatic rings. The highest BCUT2D eigenvalue weighted by Crippen LogP contribution is 2.11. The minimum Gasteiger partial charge on any atom is -0.396 e. The standard InChI is InChI=1S/C8H10N4O2S/c1-15(13,14)5-7-10-8-6(9)3-2-4-12(8)11-7/h2-4H,5,9H2,1H3. The number of pyridine rings is 1. The van der Waals surface area contributed by atoms with E-state index in [4.69, 9.17) is 5.73 Å². The molecule has 0 aliphatic carbocycles. The number of nitrogens with two attached hydrogens (primary N) is 1. The van der Waals surface area contributed by atoms with Gasteiger partial charge in [-0.2, -0.15) is 5.10 Å². The first-order valence-electron chi connectivity index (χ1n) is 4.23. The average Bonchev–Trinajstić information content (AvgIpc) is 2.45. The van der Waals surface area contributed by atoms with Gasteiger partial charge in [-0.05, 0) is 12.1 Å². The van der Waals surface area contributed by atoms with Crippen molar-refractivity contribution in [3.63, 3.8) is 0 Å². The lowest BCUT2D eigenvalue weighted by molar-refractivity contribution is 0.599. The number of sulfone groups is 1. The van der Waals surface area contributed by atoms with E-state index in [0.29, 0.717) is 11.3 Å². The zero-order chi connectivity index (χ0) is 11.1. The normalized spacial score (nSPS) is 12.1. The van der Waals surface area contributed by atoms with E-state index in [1.807, 2.05) is 0 Å². The Hall–Kier alpha value is -1.63. The lowest BCUT2D eigenvalue weighted by Gasteiger charge is -1.92.